The summed E-state index contributed by atoms with van der Waals surface area (Å²) < 4.78 is 0. The van der Waals surface area contributed by atoms with Crippen LogP contribution >= 0.6 is 0 Å². The van der Waals surface area contributed by atoms with E-state index < -0.39 is 0 Å². The molecule has 1 heteroatoms. The molecule has 0 rings (SSSR count). The van der Waals surface area contributed by atoms with Crippen LogP contribution in [0.2, 0.25) is 0 Å². The van der Waals surface area contributed by atoms with Gasteiger partial charge in [-0.15, -0.1) is 0 Å². The van der Waals surface area contributed by atoms with E-state index in [-0.39, 0.29) is 0 Å². The van der Waals surface area contributed by atoms with Crippen LogP contribution in [0.15, 0.2) is 22.7 Å². The fraction of sp³-hybridized carbons (Fsp3) is 0.429. The van der Waals surface area contributed by atoms with Crippen LogP contribution in [0.25, 0.3) is 0 Å². The zero-order valence-electron chi connectivity index (χ0n) is 5.60. The van der Waals surface area contributed by atoms with Crippen molar-refractivity contribution >= 4 is 5.87 Å². The van der Waals surface area contributed by atoms with Gasteiger partial charge in [0.25, 0.3) is 0 Å². The maximum absolute atomic E-state index is 3.72. The normalized spacial score (nSPS) is 8.88. The van der Waals surface area contributed by atoms with Crippen molar-refractivity contribution in [1.82, 2.24) is 0 Å². The maximum Gasteiger partial charge on any atom is 0.0372 e. The predicted molar refractivity (Wildman–Crippen MR) is 37.4 cm³/mol. The first kappa shape index (κ1) is 7.19. The first-order valence-corrected chi connectivity index (χ1v) is 2.62. The van der Waals surface area contributed by atoms with Gasteiger partial charge in [0.05, 0.1) is 0 Å². The number of hydrogen-bond acceptors (Lipinski definition) is 1. The van der Waals surface area contributed by atoms with Crippen LogP contribution in [-0.4, -0.2) is 12.9 Å². The third-order valence-electron chi connectivity index (χ3n) is 0.705. The molecule has 1 nitrogen and oxygen atoms in total. The lowest BCUT2D eigenvalue weighted by atomic mass is 10.3. The molecule has 0 aliphatic rings. The molecule has 0 N–H and O–H groups in total. The highest BCUT2D eigenvalue weighted by molar-refractivity contribution is 5.60. The Labute approximate surface area is 50.4 Å². The molecular weight excluding hydrogens is 98.1 g/mol. The first-order chi connectivity index (χ1) is 3.81. The number of hydrogen-bond donors (Lipinski definition) is 0. The van der Waals surface area contributed by atoms with Crippen molar-refractivity contribution in [2.75, 3.05) is 7.05 Å². The monoisotopic (exact) mass is 109 g/mol. The Hall–Kier alpha value is -0.810. The molecule has 0 amide bonds. The molecule has 44 valence electrons. The number of nitrogens with zero attached hydrogens (tertiary/aromatic N) is 1. The van der Waals surface area contributed by atoms with E-state index in [2.05, 4.69) is 10.9 Å². The second-order valence-electron chi connectivity index (χ2n) is 1.52. The summed E-state index contributed by atoms with van der Waals surface area (Å²) in [5.74, 6) is 2.80. The van der Waals surface area contributed by atoms with Crippen LogP contribution in [0.1, 0.15) is 13.8 Å². The van der Waals surface area contributed by atoms with Crippen LogP contribution in [0.5, 0.6) is 0 Å². The van der Waals surface area contributed by atoms with Crippen LogP contribution in [0, 0.1) is 0 Å². The molecule has 0 aromatic carbocycles. The molecule has 0 fully saturated rings. The fourth-order valence-electron chi connectivity index (χ4n) is 0.464. The van der Waals surface area contributed by atoms with Gasteiger partial charge in [0.2, 0.25) is 0 Å². The molecule has 0 atom stereocenters. The zero-order valence-corrected chi connectivity index (χ0v) is 5.60. The summed E-state index contributed by atoms with van der Waals surface area (Å²) >= 11 is 0. The third-order valence-corrected chi connectivity index (χ3v) is 0.705. The molecule has 0 saturated heterocycles. The van der Waals surface area contributed by atoms with Gasteiger partial charge in [-0.05, 0) is 19.7 Å². The van der Waals surface area contributed by atoms with E-state index in [1.807, 2.05) is 26.0 Å². The average molecular weight is 109 g/mol. The van der Waals surface area contributed by atoms with E-state index in [0.717, 1.165) is 5.57 Å². The largest absolute Gasteiger partial charge is 0.246 e. The average Bonchev–Trinajstić information content (AvgIpc) is 1.68. The summed E-state index contributed by atoms with van der Waals surface area (Å²) in [6, 6.07) is 0. The van der Waals surface area contributed by atoms with Crippen molar-refractivity contribution in [2.45, 2.75) is 13.8 Å². The second kappa shape index (κ2) is 4.35. The Kier molecular flexibility index (Phi) is 3.91. The molecule has 0 aromatic heterocycles. The smallest absolute Gasteiger partial charge is 0.0372 e. The highest BCUT2D eigenvalue weighted by Crippen LogP contribution is 1.85. The maximum atomic E-state index is 3.72. The predicted octanol–water partition coefficient (Wildman–Crippen LogP) is 1.81. The highest BCUT2D eigenvalue weighted by Gasteiger charge is 1.70. The van der Waals surface area contributed by atoms with Gasteiger partial charge < -0.3 is 0 Å². The molecule has 8 heavy (non-hydrogen) atoms. The number of aliphatic imine (C=N–C) groups is 1. The summed E-state index contributed by atoms with van der Waals surface area (Å²) in [6.45, 7) is 3.94. The lowest BCUT2D eigenvalue weighted by molar-refractivity contribution is 1.46. The Bertz CT molecular complexity index is 136. The molecule has 0 aliphatic carbocycles. The van der Waals surface area contributed by atoms with E-state index in [1.165, 1.54) is 0 Å². The van der Waals surface area contributed by atoms with Gasteiger partial charge in [-0.3, -0.25) is 0 Å². The number of rotatable bonds is 1. The van der Waals surface area contributed by atoms with Gasteiger partial charge in [-0.25, -0.2) is 4.99 Å². The van der Waals surface area contributed by atoms with Crippen LogP contribution in [-0.2, 0) is 0 Å². The second-order valence-corrected chi connectivity index (χ2v) is 1.52. The minimum Gasteiger partial charge on any atom is -0.246 e. The lowest BCUT2D eigenvalue weighted by Gasteiger charge is -1.77. The third kappa shape index (κ3) is 3.38. The van der Waals surface area contributed by atoms with Crippen molar-refractivity contribution in [2.24, 2.45) is 4.99 Å². The molecule has 0 unspecified atom stereocenters. The van der Waals surface area contributed by atoms with E-state index in [9.17, 15) is 0 Å². The van der Waals surface area contributed by atoms with Gasteiger partial charge in [0.1, 0.15) is 0 Å². The quantitative estimate of drug-likeness (QED) is 0.359. The Morgan fingerprint density at radius 2 is 2.25 bits per heavy atom. The Morgan fingerprint density at radius 1 is 1.62 bits per heavy atom. The van der Waals surface area contributed by atoms with Crippen LogP contribution < -0.4 is 0 Å². The topological polar surface area (TPSA) is 12.4 Å². The van der Waals surface area contributed by atoms with Crippen molar-refractivity contribution in [3.63, 3.8) is 0 Å². The standard InChI is InChI=1S/C7H11N/c1-4-5-7(2)6-8-3/h4-5H,1-3H3/b5-4+. The van der Waals surface area contributed by atoms with Crippen LogP contribution in [0.3, 0.4) is 0 Å². The summed E-state index contributed by atoms with van der Waals surface area (Å²) in [6.07, 6.45) is 3.93. The van der Waals surface area contributed by atoms with Gasteiger partial charge in [-0.2, -0.15) is 0 Å². The first-order valence-electron chi connectivity index (χ1n) is 2.62. The Balaban J connectivity index is 4.01. The summed E-state index contributed by atoms with van der Waals surface area (Å²) in [5.41, 5.74) is 1.06. The summed E-state index contributed by atoms with van der Waals surface area (Å²) in [7, 11) is 1.72. The van der Waals surface area contributed by atoms with Crippen molar-refractivity contribution < 1.29 is 0 Å². The molecule has 0 radical (unpaired) electrons. The molecule has 0 bridgehead atoms. The van der Waals surface area contributed by atoms with E-state index in [0.29, 0.717) is 0 Å². The van der Waals surface area contributed by atoms with Gasteiger partial charge in [0.15, 0.2) is 0 Å². The molecule has 0 aromatic rings. The van der Waals surface area contributed by atoms with E-state index in [4.69, 9.17) is 0 Å². The van der Waals surface area contributed by atoms with Gasteiger partial charge >= 0.3 is 0 Å². The number of allylic oxidation sites excluding steroid dienone is 3. The van der Waals surface area contributed by atoms with Crippen molar-refractivity contribution in [3.8, 4) is 0 Å². The van der Waals surface area contributed by atoms with Gasteiger partial charge in [0, 0.05) is 12.6 Å². The fourth-order valence-corrected chi connectivity index (χ4v) is 0.464. The molecule has 0 saturated carbocycles. The molecule has 0 spiro atoms. The Morgan fingerprint density at radius 3 is 2.62 bits per heavy atom. The highest BCUT2D eigenvalue weighted by atomic mass is 14.6. The lowest BCUT2D eigenvalue weighted by Crippen LogP contribution is -1.65. The SMILES string of the molecule is C/C=C/C(C)=C=NC. The summed E-state index contributed by atoms with van der Waals surface area (Å²) in [5, 5.41) is 0. The van der Waals surface area contributed by atoms with E-state index >= 15 is 0 Å². The van der Waals surface area contributed by atoms with Gasteiger partial charge in [-0.1, -0.05) is 12.2 Å². The molecule has 0 aliphatic heterocycles. The summed E-state index contributed by atoms with van der Waals surface area (Å²) in [4.78, 5) is 3.72. The van der Waals surface area contributed by atoms with Crippen LogP contribution in [0.4, 0.5) is 0 Å². The molecular formula is C7H11N. The molecule has 0 heterocycles. The van der Waals surface area contributed by atoms with Crippen molar-refractivity contribution in [3.05, 3.63) is 17.7 Å². The minimum atomic E-state index is 1.06. The van der Waals surface area contributed by atoms with E-state index in [1.54, 1.807) is 7.05 Å². The minimum absolute atomic E-state index is 1.06. The van der Waals surface area contributed by atoms with Crippen molar-refractivity contribution in [1.29, 1.82) is 0 Å². The zero-order chi connectivity index (χ0) is 6.41.